The van der Waals surface area contributed by atoms with Gasteiger partial charge < -0.3 is 0 Å². The number of hydrogen-bond donors (Lipinski definition) is 1. The Morgan fingerprint density at radius 1 is 0.742 bits per heavy atom. The van der Waals surface area contributed by atoms with Gasteiger partial charge in [-0.05, 0) is 35.4 Å². The van der Waals surface area contributed by atoms with Gasteiger partial charge in [0.2, 0.25) is 5.69 Å². The van der Waals surface area contributed by atoms with Crippen molar-refractivity contribution in [3.05, 3.63) is 100 Å². The van der Waals surface area contributed by atoms with Crippen molar-refractivity contribution >= 4 is 39.9 Å². The number of rotatable bonds is 3. The highest BCUT2D eigenvalue weighted by atomic mass is 35.5. The van der Waals surface area contributed by atoms with Crippen molar-refractivity contribution in [3.63, 3.8) is 0 Å². The standard InChI is InChI=1S/C25H14Cl2N4/c1-28-24-20(15-7-11-18(26)12-8-15)21-22(17-9-13-19(27)14-10-17)30-31-25(21)29-23(24)16-5-3-2-4-6-16/h2-14H,(H,29,30,31). The Bertz CT molecular complexity index is 1430. The van der Waals surface area contributed by atoms with Gasteiger partial charge in [-0.25, -0.2) is 9.83 Å². The Labute approximate surface area is 188 Å². The smallest absolute Gasteiger partial charge is 0.221 e. The summed E-state index contributed by atoms with van der Waals surface area (Å²) in [4.78, 5) is 8.69. The number of fused-ring (bicyclic) bond motifs is 1. The highest BCUT2D eigenvalue weighted by Crippen LogP contribution is 2.45. The van der Waals surface area contributed by atoms with Crippen LogP contribution in [0.3, 0.4) is 0 Å². The molecule has 0 radical (unpaired) electrons. The number of pyridine rings is 1. The lowest BCUT2D eigenvalue weighted by Crippen LogP contribution is -1.91. The number of aromatic nitrogens is 3. The molecule has 6 heteroatoms. The molecule has 0 fully saturated rings. The third-order valence-corrected chi connectivity index (χ3v) is 5.60. The molecule has 0 amide bonds. The van der Waals surface area contributed by atoms with E-state index < -0.39 is 0 Å². The minimum atomic E-state index is 0.470. The van der Waals surface area contributed by atoms with Crippen LogP contribution in [-0.4, -0.2) is 15.2 Å². The van der Waals surface area contributed by atoms with Crippen molar-refractivity contribution in [1.82, 2.24) is 15.2 Å². The molecule has 0 unspecified atom stereocenters. The molecule has 0 saturated carbocycles. The highest BCUT2D eigenvalue weighted by molar-refractivity contribution is 6.31. The van der Waals surface area contributed by atoms with Crippen molar-refractivity contribution in [1.29, 1.82) is 0 Å². The molecule has 0 spiro atoms. The maximum atomic E-state index is 8.01. The van der Waals surface area contributed by atoms with Gasteiger partial charge in [-0.1, -0.05) is 77.8 Å². The summed E-state index contributed by atoms with van der Waals surface area (Å²) in [5, 5.41) is 9.67. The Kier molecular flexibility index (Phi) is 4.91. The minimum absolute atomic E-state index is 0.470. The van der Waals surface area contributed by atoms with Crippen molar-refractivity contribution in [2.45, 2.75) is 0 Å². The van der Waals surface area contributed by atoms with Gasteiger partial charge >= 0.3 is 0 Å². The summed E-state index contributed by atoms with van der Waals surface area (Å²) < 4.78 is 0. The second-order valence-corrected chi connectivity index (χ2v) is 7.85. The van der Waals surface area contributed by atoms with Crippen LogP contribution in [-0.2, 0) is 0 Å². The Hall–Kier alpha value is -3.65. The number of halogens is 2. The molecule has 0 aliphatic carbocycles. The monoisotopic (exact) mass is 440 g/mol. The van der Waals surface area contributed by atoms with Crippen LogP contribution in [0.25, 0.3) is 49.5 Å². The summed E-state index contributed by atoms with van der Waals surface area (Å²) in [6, 6.07) is 24.7. The zero-order chi connectivity index (χ0) is 21.4. The molecular weight excluding hydrogens is 427 g/mol. The first-order valence-electron chi connectivity index (χ1n) is 9.52. The van der Waals surface area contributed by atoms with E-state index in [-0.39, 0.29) is 0 Å². The van der Waals surface area contributed by atoms with E-state index in [1.165, 1.54) is 0 Å². The molecule has 0 aliphatic rings. The van der Waals surface area contributed by atoms with E-state index in [9.17, 15) is 0 Å². The summed E-state index contributed by atoms with van der Waals surface area (Å²) in [5.41, 5.74) is 5.81. The zero-order valence-electron chi connectivity index (χ0n) is 16.1. The maximum Gasteiger partial charge on any atom is 0.221 e. The molecule has 0 saturated heterocycles. The number of H-pyrrole nitrogens is 1. The number of hydrogen-bond acceptors (Lipinski definition) is 2. The molecule has 31 heavy (non-hydrogen) atoms. The van der Waals surface area contributed by atoms with Crippen molar-refractivity contribution in [3.8, 4) is 33.6 Å². The molecule has 4 nitrogen and oxygen atoms in total. The van der Waals surface area contributed by atoms with Crippen LogP contribution in [0.15, 0.2) is 78.9 Å². The summed E-state index contributed by atoms with van der Waals surface area (Å²) in [6.07, 6.45) is 0. The maximum absolute atomic E-state index is 8.01. The minimum Gasteiger partial charge on any atom is -0.275 e. The average Bonchev–Trinajstić information content (AvgIpc) is 3.23. The van der Waals surface area contributed by atoms with Crippen LogP contribution < -0.4 is 0 Å². The van der Waals surface area contributed by atoms with E-state index in [2.05, 4.69) is 15.0 Å². The number of nitrogens with zero attached hydrogens (tertiary/aromatic N) is 3. The molecule has 3 aromatic carbocycles. The van der Waals surface area contributed by atoms with E-state index in [4.69, 9.17) is 34.8 Å². The lowest BCUT2D eigenvalue weighted by molar-refractivity contribution is 1.10. The molecule has 5 aromatic rings. The van der Waals surface area contributed by atoms with Crippen molar-refractivity contribution in [2.24, 2.45) is 0 Å². The van der Waals surface area contributed by atoms with Crippen molar-refractivity contribution < 1.29 is 0 Å². The second-order valence-electron chi connectivity index (χ2n) is 6.97. The third kappa shape index (κ3) is 3.44. The molecule has 0 aliphatic heterocycles. The van der Waals surface area contributed by atoms with E-state index >= 15 is 0 Å². The van der Waals surface area contributed by atoms with Gasteiger partial charge in [-0.3, -0.25) is 5.10 Å². The normalized spacial score (nSPS) is 10.9. The largest absolute Gasteiger partial charge is 0.275 e. The van der Waals surface area contributed by atoms with Gasteiger partial charge in [0.15, 0.2) is 5.65 Å². The molecular formula is C25H14Cl2N4. The summed E-state index contributed by atoms with van der Waals surface area (Å²) in [6.45, 7) is 8.01. The molecule has 2 aromatic heterocycles. The average molecular weight is 441 g/mol. The second kappa shape index (κ2) is 7.88. The van der Waals surface area contributed by atoms with Crippen LogP contribution in [0.5, 0.6) is 0 Å². The predicted molar refractivity (Wildman–Crippen MR) is 126 cm³/mol. The molecule has 1 N–H and O–H groups in total. The fourth-order valence-corrected chi connectivity index (χ4v) is 3.93. The lowest BCUT2D eigenvalue weighted by Gasteiger charge is -2.13. The van der Waals surface area contributed by atoms with Crippen LogP contribution in [0.4, 0.5) is 5.69 Å². The predicted octanol–water partition coefficient (Wildman–Crippen LogP) is 7.82. The first-order valence-corrected chi connectivity index (χ1v) is 10.3. The zero-order valence-corrected chi connectivity index (χ0v) is 17.6. The van der Waals surface area contributed by atoms with Crippen LogP contribution >= 0.6 is 23.2 Å². The molecule has 0 bridgehead atoms. The quantitative estimate of drug-likeness (QED) is 0.290. The van der Waals surface area contributed by atoms with Crippen molar-refractivity contribution in [2.75, 3.05) is 0 Å². The van der Waals surface area contributed by atoms with Gasteiger partial charge in [0.1, 0.15) is 0 Å². The van der Waals surface area contributed by atoms with E-state index in [0.29, 0.717) is 27.1 Å². The van der Waals surface area contributed by atoms with Crippen LogP contribution in [0.1, 0.15) is 0 Å². The van der Waals surface area contributed by atoms with Crippen LogP contribution in [0.2, 0.25) is 10.0 Å². The molecule has 5 rings (SSSR count). The Balaban J connectivity index is 1.90. The highest BCUT2D eigenvalue weighted by Gasteiger charge is 2.23. The van der Waals surface area contributed by atoms with Gasteiger partial charge in [0.25, 0.3) is 0 Å². The first-order chi connectivity index (χ1) is 15.2. The first kappa shape index (κ1) is 19.3. The van der Waals surface area contributed by atoms with Gasteiger partial charge in [0.05, 0.1) is 18.0 Å². The number of nitrogens with one attached hydrogen (secondary N) is 1. The van der Waals surface area contributed by atoms with Gasteiger partial charge in [0, 0.05) is 26.6 Å². The van der Waals surface area contributed by atoms with E-state index in [1.807, 2.05) is 78.9 Å². The van der Waals surface area contributed by atoms with E-state index in [1.54, 1.807) is 0 Å². The molecule has 0 atom stereocenters. The number of benzene rings is 3. The molecule has 2 heterocycles. The Morgan fingerprint density at radius 3 is 1.97 bits per heavy atom. The summed E-state index contributed by atoms with van der Waals surface area (Å²) in [5.74, 6) is 0. The fraction of sp³-hybridized carbons (Fsp3) is 0. The lowest BCUT2D eigenvalue weighted by atomic mass is 9.95. The topological polar surface area (TPSA) is 45.9 Å². The Morgan fingerprint density at radius 2 is 1.35 bits per heavy atom. The third-order valence-electron chi connectivity index (χ3n) is 5.10. The van der Waals surface area contributed by atoms with Gasteiger partial charge in [-0.15, -0.1) is 0 Å². The summed E-state index contributed by atoms with van der Waals surface area (Å²) in [7, 11) is 0. The van der Waals surface area contributed by atoms with Gasteiger partial charge in [-0.2, -0.15) is 5.10 Å². The SMILES string of the molecule is [C-]#[N+]c1c(-c2ccccc2)nc2n[nH]c(-c3ccc(Cl)cc3)c2c1-c1ccc(Cl)cc1. The van der Waals surface area contributed by atoms with E-state index in [0.717, 1.165) is 33.3 Å². The van der Waals surface area contributed by atoms with Crippen LogP contribution in [0, 0.1) is 6.57 Å². The molecule has 148 valence electrons. The summed E-state index contributed by atoms with van der Waals surface area (Å²) >= 11 is 12.2. The fourth-order valence-electron chi connectivity index (χ4n) is 3.68. The number of aromatic amines is 1.